The van der Waals surface area contributed by atoms with Crippen LogP contribution in [-0.2, 0) is 28.6 Å². The Morgan fingerprint density at radius 3 is 2.87 bits per heavy atom. The van der Waals surface area contributed by atoms with Gasteiger partial charge in [0.05, 0.1) is 17.2 Å². The van der Waals surface area contributed by atoms with Crippen molar-refractivity contribution in [1.29, 1.82) is 0 Å². The minimum absolute atomic E-state index is 0.0808. The van der Waals surface area contributed by atoms with E-state index in [4.69, 9.17) is 9.88 Å². The average Bonchev–Trinajstić information content (AvgIpc) is 3.31. The van der Waals surface area contributed by atoms with Gasteiger partial charge in [-0.1, -0.05) is 6.07 Å². The number of thiazole rings is 1. The number of nitrogens with one attached hydrogen (secondary N) is 1. The van der Waals surface area contributed by atoms with Crippen LogP contribution in [0.15, 0.2) is 33.3 Å². The van der Waals surface area contributed by atoms with Crippen molar-refractivity contribution in [3.05, 3.63) is 62.3 Å². The van der Waals surface area contributed by atoms with Crippen LogP contribution in [0.5, 0.6) is 0 Å². The standard InChI is InChI=1S/C20H21FN4O4S2/c1-2-29-19(27)15-10-30-20(23-15)25-16(9-11-3-4-11)13(18(26)24-25)7-12-5-6-17(31(22)28)14(21)8-12/h5-6,8,10-11H,2-4,7,9,22H2,1H3,(H,24,26). The van der Waals surface area contributed by atoms with Crippen molar-refractivity contribution in [3.8, 4) is 5.13 Å². The van der Waals surface area contributed by atoms with Crippen LogP contribution in [0.2, 0.25) is 0 Å². The van der Waals surface area contributed by atoms with Crippen LogP contribution < -0.4 is 10.7 Å². The SMILES string of the molecule is CCOC(=O)c1csc(-n2[nH]c(=O)c(Cc3ccc(S(N)=O)c(F)c3)c2CC2CC2)n1. The number of nitrogens with two attached hydrogens (primary N) is 1. The summed E-state index contributed by atoms with van der Waals surface area (Å²) in [7, 11) is -1.92. The second-order valence-electron chi connectivity index (χ2n) is 7.32. The summed E-state index contributed by atoms with van der Waals surface area (Å²) < 4.78 is 32.2. The lowest BCUT2D eigenvalue weighted by atomic mass is 10.0. The Labute approximate surface area is 183 Å². The molecule has 0 bridgehead atoms. The lowest BCUT2D eigenvalue weighted by molar-refractivity contribution is 0.0520. The van der Waals surface area contributed by atoms with Gasteiger partial charge < -0.3 is 4.74 Å². The van der Waals surface area contributed by atoms with Crippen molar-refractivity contribution in [2.45, 2.75) is 37.5 Å². The van der Waals surface area contributed by atoms with E-state index in [2.05, 4.69) is 10.1 Å². The van der Waals surface area contributed by atoms with E-state index in [0.717, 1.165) is 18.5 Å². The number of halogens is 1. The highest BCUT2D eigenvalue weighted by Crippen LogP contribution is 2.34. The van der Waals surface area contributed by atoms with E-state index in [9.17, 15) is 18.2 Å². The fourth-order valence-electron chi connectivity index (χ4n) is 3.35. The molecule has 1 atom stereocenters. The molecule has 0 spiro atoms. The molecule has 0 radical (unpaired) electrons. The zero-order valence-corrected chi connectivity index (χ0v) is 18.4. The van der Waals surface area contributed by atoms with Crippen molar-refractivity contribution in [3.63, 3.8) is 0 Å². The van der Waals surface area contributed by atoms with Crippen LogP contribution in [0.1, 0.15) is 47.1 Å². The molecule has 3 aromatic rings. The summed E-state index contributed by atoms with van der Waals surface area (Å²) in [5.41, 5.74) is 1.74. The Morgan fingerprint density at radius 1 is 1.45 bits per heavy atom. The normalized spacial score (nSPS) is 14.5. The summed E-state index contributed by atoms with van der Waals surface area (Å²) in [6.07, 6.45) is 3.04. The molecule has 4 rings (SSSR count). The third-order valence-electron chi connectivity index (χ3n) is 5.05. The molecule has 8 nitrogen and oxygen atoms in total. The number of aromatic nitrogens is 3. The van der Waals surface area contributed by atoms with Crippen molar-refractivity contribution in [2.24, 2.45) is 11.1 Å². The van der Waals surface area contributed by atoms with Crippen molar-refractivity contribution in [2.75, 3.05) is 6.61 Å². The molecule has 0 aliphatic heterocycles. The number of hydrogen-bond acceptors (Lipinski definition) is 6. The summed E-state index contributed by atoms with van der Waals surface area (Å²) in [6, 6.07) is 4.24. The molecular weight excluding hydrogens is 443 g/mol. The first-order valence-electron chi connectivity index (χ1n) is 9.77. The fraction of sp³-hybridized carbons (Fsp3) is 0.350. The van der Waals surface area contributed by atoms with Crippen molar-refractivity contribution >= 4 is 28.3 Å². The molecule has 2 heterocycles. The van der Waals surface area contributed by atoms with E-state index in [1.807, 2.05) is 0 Å². The second-order valence-corrected chi connectivity index (χ2v) is 9.20. The average molecular weight is 465 g/mol. The van der Waals surface area contributed by atoms with Crippen molar-refractivity contribution in [1.82, 2.24) is 14.8 Å². The number of benzene rings is 1. The van der Waals surface area contributed by atoms with E-state index < -0.39 is 22.8 Å². The van der Waals surface area contributed by atoms with E-state index >= 15 is 0 Å². The van der Waals surface area contributed by atoms with Gasteiger partial charge in [0, 0.05) is 17.4 Å². The van der Waals surface area contributed by atoms with Gasteiger partial charge in [-0.15, -0.1) is 11.3 Å². The highest BCUT2D eigenvalue weighted by molar-refractivity contribution is 7.82. The van der Waals surface area contributed by atoms with Crippen LogP contribution in [0, 0.1) is 11.7 Å². The van der Waals surface area contributed by atoms with Gasteiger partial charge in [-0.3, -0.25) is 9.89 Å². The van der Waals surface area contributed by atoms with Crippen LogP contribution in [0.25, 0.3) is 5.13 Å². The topological polar surface area (TPSA) is 120 Å². The Bertz CT molecular complexity index is 1210. The molecule has 3 N–H and O–H groups in total. The van der Waals surface area contributed by atoms with Crippen LogP contribution >= 0.6 is 11.3 Å². The first kappa shape index (κ1) is 21.6. The van der Waals surface area contributed by atoms with E-state index in [1.54, 1.807) is 23.1 Å². The number of hydrogen-bond donors (Lipinski definition) is 2. The molecule has 31 heavy (non-hydrogen) atoms. The highest BCUT2D eigenvalue weighted by atomic mass is 32.2. The molecule has 1 aromatic carbocycles. The third-order valence-corrected chi connectivity index (χ3v) is 6.64. The number of rotatable bonds is 8. The number of nitrogens with zero attached hydrogens (tertiary/aromatic N) is 2. The molecule has 1 aliphatic carbocycles. The lowest BCUT2D eigenvalue weighted by Gasteiger charge is -2.08. The number of ether oxygens (including phenoxy) is 1. The Morgan fingerprint density at radius 2 is 2.23 bits per heavy atom. The summed E-state index contributed by atoms with van der Waals surface area (Å²) in [5.74, 6) is -0.711. The molecular formula is C20H21FN4O4S2. The van der Waals surface area contributed by atoms with Gasteiger partial charge in [0.1, 0.15) is 16.8 Å². The molecule has 0 saturated heterocycles. The van der Waals surface area contributed by atoms with E-state index in [0.29, 0.717) is 28.6 Å². The van der Waals surface area contributed by atoms with Gasteiger partial charge in [-0.05, 0) is 49.8 Å². The van der Waals surface area contributed by atoms with Gasteiger partial charge >= 0.3 is 5.97 Å². The smallest absolute Gasteiger partial charge is 0.357 e. The molecule has 1 aliphatic rings. The van der Waals surface area contributed by atoms with Gasteiger partial charge in [0.25, 0.3) is 5.56 Å². The highest BCUT2D eigenvalue weighted by Gasteiger charge is 2.28. The zero-order chi connectivity index (χ0) is 22.1. The van der Waals surface area contributed by atoms with Gasteiger partial charge in [-0.25, -0.2) is 28.2 Å². The Kier molecular flexibility index (Phi) is 6.17. The van der Waals surface area contributed by atoms with Gasteiger partial charge in [0.2, 0.25) is 5.13 Å². The molecule has 1 unspecified atom stereocenters. The van der Waals surface area contributed by atoms with Crippen molar-refractivity contribution < 1.29 is 18.1 Å². The predicted molar refractivity (Wildman–Crippen MR) is 114 cm³/mol. The maximum Gasteiger partial charge on any atom is 0.357 e. The molecule has 164 valence electrons. The molecule has 11 heteroatoms. The second kappa shape index (κ2) is 8.85. The van der Waals surface area contributed by atoms with Crippen LogP contribution in [0.4, 0.5) is 4.39 Å². The Hall–Kier alpha value is -2.63. The van der Waals surface area contributed by atoms with Crippen LogP contribution in [0.3, 0.4) is 0 Å². The number of H-pyrrole nitrogens is 1. The molecule has 1 fully saturated rings. The molecule has 0 amide bonds. The summed E-state index contributed by atoms with van der Waals surface area (Å²) in [6.45, 7) is 1.96. The summed E-state index contributed by atoms with van der Waals surface area (Å²) in [5, 5.41) is 10.1. The van der Waals surface area contributed by atoms with Gasteiger partial charge in [0.15, 0.2) is 5.69 Å². The number of esters is 1. The van der Waals surface area contributed by atoms with Crippen LogP contribution in [-0.4, -0.2) is 31.5 Å². The van der Waals surface area contributed by atoms with E-state index in [1.165, 1.54) is 23.5 Å². The Balaban J connectivity index is 1.70. The number of carbonyl (C=O) groups is 1. The first-order valence-corrected chi connectivity index (χ1v) is 11.9. The minimum Gasteiger partial charge on any atom is -0.461 e. The number of carbonyl (C=O) groups excluding carboxylic acids is 1. The monoisotopic (exact) mass is 464 g/mol. The zero-order valence-electron chi connectivity index (χ0n) is 16.7. The van der Waals surface area contributed by atoms with Gasteiger partial charge in [-0.2, -0.15) is 0 Å². The largest absolute Gasteiger partial charge is 0.461 e. The number of aromatic amines is 1. The third kappa shape index (κ3) is 4.68. The maximum absolute atomic E-state index is 14.2. The predicted octanol–water partition coefficient (Wildman–Crippen LogP) is 2.46. The fourth-order valence-corrected chi connectivity index (χ4v) is 4.58. The molecule has 2 aromatic heterocycles. The molecule has 1 saturated carbocycles. The summed E-state index contributed by atoms with van der Waals surface area (Å²) in [4.78, 5) is 29.0. The summed E-state index contributed by atoms with van der Waals surface area (Å²) >= 11 is 1.23. The van der Waals surface area contributed by atoms with E-state index in [-0.39, 0.29) is 29.2 Å². The maximum atomic E-state index is 14.2. The minimum atomic E-state index is -1.92. The quantitative estimate of drug-likeness (QED) is 0.496. The lowest BCUT2D eigenvalue weighted by Crippen LogP contribution is -2.09. The first-order chi connectivity index (χ1) is 14.9.